The minimum absolute atomic E-state index is 0.0412. The van der Waals surface area contributed by atoms with Crippen molar-refractivity contribution >= 4 is 9.84 Å². The van der Waals surface area contributed by atoms with Gasteiger partial charge in [0, 0.05) is 32.5 Å². The molecule has 3 rings (SSSR count). The van der Waals surface area contributed by atoms with Crippen molar-refractivity contribution in [2.24, 2.45) is 0 Å². The van der Waals surface area contributed by atoms with Crippen LogP contribution in [0.4, 0.5) is 13.2 Å². The summed E-state index contributed by atoms with van der Waals surface area (Å²) in [6, 6.07) is 14.5. The summed E-state index contributed by atoms with van der Waals surface area (Å²) in [7, 11) is -3.80. The van der Waals surface area contributed by atoms with Crippen LogP contribution in [0.1, 0.15) is 18.4 Å². The summed E-state index contributed by atoms with van der Waals surface area (Å²) in [5, 5.41) is -2.16. The van der Waals surface area contributed by atoms with Gasteiger partial charge in [-0.05, 0) is 30.2 Å². The second-order valence-electron chi connectivity index (χ2n) is 6.93. The SMILES string of the molecule is C=CCS(=O)(=O)C1(F)CCN(CCc2ccccc2F)CC1.Fc1ccccc1. The van der Waals surface area contributed by atoms with E-state index in [2.05, 4.69) is 6.58 Å². The molecule has 0 aromatic heterocycles. The Hall–Kier alpha value is -2.12. The molecule has 0 unspecified atom stereocenters. The van der Waals surface area contributed by atoms with Crippen LogP contribution in [0.2, 0.25) is 0 Å². The highest BCUT2D eigenvalue weighted by Gasteiger charge is 2.45. The molecule has 0 amide bonds. The first-order valence-electron chi connectivity index (χ1n) is 9.46. The predicted molar refractivity (Wildman–Crippen MR) is 110 cm³/mol. The smallest absolute Gasteiger partial charge is 0.213 e. The Morgan fingerprint density at radius 2 is 1.59 bits per heavy atom. The summed E-state index contributed by atoms with van der Waals surface area (Å²) >= 11 is 0. The molecule has 1 heterocycles. The van der Waals surface area contributed by atoms with Gasteiger partial charge >= 0.3 is 0 Å². The van der Waals surface area contributed by atoms with Crippen LogP contribution < -0.4 is 0 Å². The van der Waals surface area contributed by atoms with Crippen LogP contribution in [0.3, 0.4) is 0 Å². The topological polar surface area (TPSA) is 37.4 Å². The van der Waals surface area contributed by atoms with Crippen molar-refractivity contribution < 1.29 is 21.6 Å². The van der Waals surface area contributed by atoms with Gasteiger partial charge in [0.1, 0.15) is 11.6 Å². The van der Waals surface area contributed by atoms with Gasteiger partial charge in [-0.25, -0.2) is 21.6 Å². The van der Waals surface area contributed by atoms with Crippen molar-refractivity contribution in [2.45, 2.75) is 24.3 Å². The summed E-state index contributed by atoms with van der Waals surface area (Å²) in [5.74, 6) is -0.756. The fourth-order valence-corrected chi connectivity index (χ4v) is 4.53. The average Bonchev–Trinajstić information content (AvgIpc) is 2.70. The molecule has 7 heteroatoms. The van der Waals surface area contributed by atoms with E-state index in [1.54, 1.807) is 36.4 Å². The van der Waals surface area contributed by atoms with E-state index in [4.69, 9.17) is 0 Å². The monoisotopic (exact) mass is 425 g/mol. The molecule has 1 fully saturated rings. The van der Waals surface area contributed by atoms with E-state index >= 15 is 0 Å². The Balaban J connectivity index is 0.000000360. The maximum Gasteiger partial charge on any atom is 0.213 e. The third-order valence-corrected chi connectivity index (χ3v) is 7.08. The summed E-state index contributed by atoms with van der Waals surface area (Å²) in [6.45, 7) is 4.69. The second-order valence-corrected chi connectivity index (χ2v) is 9.23. The lowest BCUT2D eigenvalue weighted by Gasteiger charge is -2.35. The zero-order valence-electron chi connectivity index (χ0n) is 16.2. The fraction of sp³-hybridized carbons (Fsp3) is 0.364. The molecule has 3 nitrogen and oxygen atoms in total. The Morgan fingerprint density at radius 3 is 2.10 bits per heavy atom. The molecule has 0 spiro atoms. The Bertz CT molecular complexity index is 880. The number of benzene rings is 2. The number of piperidine rings is 1. The average molecular weight is 426 g/mol. The minimum Gasteiger partial charge on any atom is -0.303 e. The molecular weight excluding hydrogens is 399 g/mol. The van der Waals surface area contributed by atoms with Gasteiger partial charge in [-0.15, -0.1) is 6.58 Å². The van der Waals surface area contributed by atoms with E-state index in [1.165, 1.54) is 24.3 Å². The predicted octanol–water partition coefficient (Wildman–Crippen LogP) is 4.56. The summed E-state index contributed by atoms with van der Waals surface area (Å²) in [4.78, 5) is 1.98. The van der Waals surface area contributed by atoms with Gasteiger partial charge in [0.25, 0.3) is 0 Å². The number of likely N-dealkylation sites (tertiary alicyclic amines) is 1. The standard InChI is InChI=1S/C16H21F2NO2S.C6H5F/c1-2-13-22(20,21)16(18)8-11-19(12-9-16)10-7-14-5-3-4-6-15(14)17;7-6-4-2-1-3-5-6/h2-6H,1,7-13H2;1-5H. The molecule has 2 aromatic carbocycles. The van der Waals surface area contributed by atoms with Gasteiger partial charge in [0.15, 0.2) is 9.84 Å². The number of alkyl halides is 1. The van der Waals surface area contributed by atoms with E-state index in [9.17, 15) is 21.6 Å². The van der Waals surface area contributed by atoms with Crippen LogP contribution in [0.5, 0.6) is 0 Å². The van der Waals surface area contributed by atoms with Crippen molar-refractivity contribution in [3.63, 3.8) is 0 Å². The highest BCUT2D eigenvalue weighted by molar-refractivity contribution is 7.92. The zero-order chi connectivity index (χ0) is 21.3. The maximum atomic E-state index is 14.6. The molecule has 0 atom stereocenters. The molecule has 0 saturated carbocycles. The molecule has 158 valence electrons. The van der Waals surface area contributed by atoms with E-state index in [-0.39, 0.29) is 30.2 Å². The van der Waals surface area contributed by atoms with Gasteiger partial charge in [0.05, 0.1) is 5.75 Å². The second kappa shape index (κ2) is 10.6. The molecule has 1 saturated heterocycles. The van der Waals surface area contributed by atoms with Crippen molar-refractivity contribution in [3.8, 4) is 0 Å². The minimum atomic E-state index is -3.80. The zero-order valence-corrected chi connectivity index (χ0v) is 17.1. The van der Waals surface area contributed by atoms with Gasteiger partial charge in [-0.1, -0.05) is 42.5 Å². The lowest BCUT2D eigenvalue weighted by Crippen LogP contribution is -2.47. The molecular formula is C22H26F3NO2S. The molecule has 29 heavy (non-hydrogen) atoms. The van der Waals surface area contributed by atoms with Crippen molar-refractivity contribution in [2.75, 3.05) is 25.4 Å². The maximum absolute atomic E-state index is 14.6. The molecule has 1 aliphatic rings. The van der Waals surface area contributed by atoms with Gasteiger partial charge in [0.2, 0.25) is 5.00 Å². The van der Waals surface area contributed by atoms with Crippen LogP contribution in [-0.2, 0) is 16.3 Å². The van der Waals surface area contributed by atoms with Crippen LogP contribution in [0.25, 0.3) is 0 Å². The highest BCUT2D eigenvalue weighted by Crippen LogP contribution is 2.33. The molecule has 0 bridgehead atoms. The molecule has 1 aliphatic heterocycles. The molecule has 0 N–H and O–H groups in total. The largest absolute Gasteiger partial charge is 0.303 e. The molecule has 0 radical (unpaired) electrons. The van der Waals surface area contributed by atoms with Crippen molar-refractivity contribution in [1.82, 2.24) is 4.90 Å². The van der Waals surface area contributed by atoms with Crippen LogP contribution in [-0.4, -0.2) is 43.7 Å². The van der Waals surface area contributed by atoms with Crippen LogP contribution in [0.15, 0.2) is 67.3 Å². The lowest BCUT2D eigenvalue weighted by molar-refractivity contribution is 0.121. The Labute approximate surface area is 170 Å². The van der Waals surface area contributed by atoms with Gasteiger partial charge in [-0.2, -0.15) is 0 Å². The van der Waals surface area contributed by atoms with Gasteiger partial charge < -0.3 is 4.90 Å². The first kappa shape index (κ1) is 23.2. The quantitative estimate of drug-likeness (QED) is 0.637. The molecule has 0 aliphatic carbocycles. The molecule has 2 aromatic rings. The summed E-state index contributed by atoms with van der Waals surface area (Å²) < 4.78 is 63.9. The number of hydrogen-bond acceptors (Lipinski definition) is 3. The van der Waals surface area contributed by atoms with Crippen LogP contribution in [0, 0.1) is 11.6 Å². The third-order valence-electron chi connectivity index (χ3n) is 4.89. The summed E-state index contributed by atoms with van der Waals surface area (Å²) in [5.41, 5.74) is 0.624. The first-order chi connectivity index (χ1) is 13.8. The van der Waals surface area contributed by atoms with E-state index in [0.717, 1.165) is 0 Å². The first-order valence-corrected chi connectivity index (χ1v) is 11.1. The summed E-state index contributed by atoms with van der Waals surface area (Å²) in [6.07, 6.45) is 1.67. The fourth-order valence-electron chi connectivity index (χ4n) is 3.12. The number of hydrogen-bond donors (Lipinski definition) is 0. The van der Waals surface area contributed by atoms with Crippen LogP contribution >= 0.6 is 0 Å². The van der Waals surface area contributed by atoms with E-state index < -0.39 is 14.8 Å². The Morgan fingerprint density at radius 1 is 1.00 bits per heavy atom. The Kier molecular flexibility index (Phi) is 8.46. The number of halogens is 3. The third kappa shape index (κ3) is 6.72. The van der Waals surface area contributed by atoms with Crippen molar-refractivity contribution in [3.05, 3.63) is 84.5 Å². The lowest BCUT2D eigenvalue weighted by atomic mass is 10.1. The normalized spacial score (nSPS) is 16.5. The highest BCUT2D eigenvalue weighted by atomic mass is 32.2. The van der Waals surface area contributed by atoms with E-state index in [1.807, 2.05) is 4.90 Å². The van der Waals surface area contributed by atoms with Crippen molar-refractivity contribution in [1.29, 1.82) is 0 Å². The number of sulfone groups is 1. The number of nitrogens with zero attached hydrogens (tertiary/aromatic N) is 1. The number of rotatable bonds is 6. The van der Waals surface area contributed by atoms with E-state index in [0.29, 0.717) is 31.6 Å². The van der Waals surface area contributed by atoms with Gasteiger partial charge in [-0.3, -0.25) is 0 Å².